The number of carbonyl (C=O) groups excluding carboxylic acids is 1. The van der Waals surface area contributed by atoms with Gasteiger partial charge in [0.15, 0.2) is 0 Å². The number of rotatable bonds is 3. The molecule has 0 spiro atoms. The summed E-state index contributed by atoms with van der Waals surface area (Å²) in [7, 11) is 1.90. The molecular weight excluding hydrogens is 264 g/mol. The molecule has 1 saturated heterocycles. The standard InChI is InChI=1S/C17H26N2O2/c1-17(2,3)15-8-6-5-7-14(15)16(20)19-9-10-21-13(12-19)11-18-4/h5-8,13,18H,9-12H2,1-4H3. The Hall–Kier alpha value is -1.39. The first-order chi connectivity index (χ1) is 9.93. The van der Waals surface area contributed by atoms with Gasteiger partial charge in [0.05, 0.1) is 12.7 Å². The fourth-order valence-corrected chi connectivity index (χ4v) is 2.75. The molecule has 1 heterocycles. The minimum atomic E-state index is -0.0388. The van der Waals surface area contributed by atoms with Crippen molar-refractivity contribution >= 4 is 5.91 Å². The summed E-state index contributed by atoms with van der Waals surface area (Å²) in [5.74, 6) is 0.116. The SMILES string of the molecule is CNCC1CN(C(=O)c2ccccc2C(C)(C)C)CCO1. The van der Waals surface area contributed by atoms with Gasteiger partial charge in [0.2, 0.25) is 0 Å². The van der Waals surface area contributed by atoms with Crippen LogP contribution in [0.1, 0.15) is 36.7 Å². The van der Waals surface area contributed by atoms with Crippen molar-refractivity contribution in [3.05, 3.63) is 35.4 Å². The van der Waals surface area contributed by atoms with Gasteiger partial charge in [-0.15, -0.1) is 0 Å². The zero-order valence-electron chi connectivity index (χ0n) is 13.5. The van der Waals surface area contributed by atoms with Crippen LogP contribution in [0.15, 0.2) is 24.3 Å². The molecule has 1 unspecified atom stereocenters. The minimum absolute atomic E-state index is 0.0388. The maximum absolute atomic E-state index is 12.9. The third kappa shape index (κ3) is 3.83. The van der Waals surface area contributed by atoms with E-state index in [1.54, 1.807) is 0 Å². The Morgan fingerprint density at radius 1 is 1.38 bits per heavy atom. The van der Waals surface area contributed by atoms with Gasteiger partial charge in [-0.25, -0.2) is 0 Å². The Morgan fingerprint density at radius 2 is 2.10 bits per heavy atom. The summed E-state index contributed by atoms with van der Waals surface area (Å²) in [6.45, 7) is 9.11. The highest BCUT2D eigenvalue weighted by Gasteiger charge is 2.28. The van der Waals surface area contributed by atoms with E-state index in [0.717, 1.165) is 17.7 Å². The molecule has 1 N–H and O–H groups in total. The second kappa shape index (κ2) is 6.58. The first kappa shape index (κ1) is 16.0. The molecule has 0 aromatic heterocycles. The fraction of sp³-hybridized carbons (Fsp3) is 0.588. The van der Waals surface area contributed by atoms with Gasteiger partial charge in [0.25, 0.3) is 5.91 Å². The molecule has 2 rings (SSSR count). The summed E-state index contributed by atoms with van der Waals surface area (Å²) in [6, 6.07) is 7.93. The number of morpholine rings is 1. The van der Waals surface area contributed by atoms with E-state index in [0.29, 0.717) is 19.7 Å². The van der Waals surface area contributed by atoms with E-state index in [9.17, 15) is 4.79 Å². The Labute approximate surface area is 127 Å². The maximum Gasteiger partial charge on any atom is 0.254 e. The number of hydrogen-bond donors (Lipinski definition) is 1. The van der Waals surface area contributed by atoms with E-state index in [-0.39, 0.29) is 17.4 Å². The molecule has 21 heavy (non-hydrogen) atoms. The van der Waals surface area contributed by atoms with E-state index in [1.807, 2.05) is 30.1 Å². The number of carbonyl (C=O) groups is 1. The highest BCUT2D eigenvalue weighted by molar-refractivity contribution is 5.96. The zero-order chi connectivity index (χ0) is 15.5. The number of amides is 1. The summed E-state index contributed by atoms with van der Waals surface area (Å²) in [5.41, 5.74) is 1.88. The summed E-state index contributed by atoms with van der Waals surface area (Å²) in [5, 5.41) is 3.11. The highest BCUT2D eigenvalue weighted by Crippen LogP contribution is 2.27. The van der Waals surface area contributed by atoms with Crippen LogP contribution in [0.4, 0.5) is 0 Å². The molecule has 0 saturated carbocycles. The number of benzene rings is 1. The molecule has 4 nitrogen and oxygen atoms in total. The fourth-order valence-electron chi connectivity index (χ4n) is 2.75. The second-order valence-corrected chi connectivity index (χ2v) is 6.60. The van der Waals surface area contributed by atoms with Gasteiger partial charge in [-0.2, -0.15) is 0 Å². The van der Waals surface area contributed by atoms with Gasteiger partial charge in [-0.1, -0.05) is 39.0 Å². The van der Waals surface area contributed by atoms with Crippen molar-refractivity contribution in [1.29, 1.82) is 0 Å². The van der Waals surface area contributed by atoms with Crippen LogP contribution >= 0.6 is 0 Å². The number of hydrogen-bond acceptors (Lipinski definition) is 3. The first-order valence-electron chi connectivity index (χ1n) is 7.58. The molecule has 1 aliphatic rings. The lowest BCUT2D eigenvalue weighted by Gasteiger charge is -2.34. The average molecular weight is 290 g/mol. The molecule has 1 aromatic rings. The molecule has 0 bridgehead atoms. The number of nitrogens with one attached hydrogen (secondary N) is 1. The molecule has 1 atom stereocenters. The van der Waals surface area contributed by atoms with Crippen molar-refractivity contribution in [2.24, 2.45) is 0 Å². The Kier molecular flexibility index (Phi) is 5.01. The van der Waals surface area contributed by atoms with E-state index >= 15 is 0 Å². The molecule has 1 aromatic carbocycles. The summed E-state index contributed by atoms with van der Waals surface area (Å²) in [4.78, 5) is 14.8. The van der Waals surface area contributed by atoms with Crippen LogP contribution < -0.4 is 5.32 Å². The second-order valence-electron chi connectivity index (χ2n) is 6.60. The van der Waals surface area contributed by atoms with E-state index < -0.39 is 0 Å². The molecule has 0 aliphatic carbocycles. The zero-order valence-corrected chi connectivity index (χ0v) is 13.5. The largest absolute Gasteiger partial charge is 0.373 e. The monoisotopic (exact) mass is 290 g/mol. The highest BCUT2D eigenvalue weighted by atomic mass is 16.5. The van der Waals surface area contributed by atoms with Crippen molar-refractivity contribution in [3.8, 4) is 0 Å². The van der Waals surface area contributed by atoms with Crippen LogP contribution in [-0.4, -0.2) is 50.2 Å². The lowest BCUT2D eigenvalue weighted by Crippen LogP contribution is -2.48. The smallest absolute Gasteiger partial charge is 0.254 e. The summed E-state index contributed by atoms with van der Waals surface area (Å²) in [6.07, 6.45) is 0.0782. The van der Waals surface area contributed by atoms with Crippen LogP contribution in [0.25, 0.3) is 0 Å². The van der Waals surface area contributed by atoms with Crippen LogP contribution in [0.2, 0.25) is 0 Å². The molecule has 1 aliphatic heterocycles. The normalized spacial score (nSPS) is 19.6. The summed E-state index contributed by atoms with van der Waals surface area (Å²) < 4.78 is 5.68. The van der Waals surface area contributed by atoms with Crippen molar-refractivity contribution < 1.29 is 9.53 Å². The van der Waals surface area contributed by atoms with Crippen LogP contribution in [0.3, 0.4) is 0 Å². The van der Waals surface area contributed by atoms with Crippen LogP contribution in [0, 0.1) is 0 Å². The van der Waals surface area contributed by atoms with Gasteiger partial charge in [0, 0.05) is 25.2 Å². The van der Waals surface area contributed by atoms with E-state index in [1.165, 1.54) is 0 Å². The lowest BCUT2D eigenvalue weighted by atomic mass is 9.83. The van der Waals surface area contributed by atoms with Gasteiger partial charge in [0.1, 0.15) is 0 Å². The number of nitrogens with zero attached hydrogens (tertiary/aromatic N) is 1. The third-order valence-electron chi connectivity index (χ3n) is 3.82. The first-order valence-corrected chi connectivity index (χ1v) is 7.58. The average Bonchev–Trinajstić information content (AvgIpc) is 2.46. The summed E-state index contributed by atoms with van der Waals surface area (Å²) >= 11 is 0. The predicted molar refractivity (Wildman–Crippen MR) is 84.7 cm³/mol. The Bertz CT molecular complexity index is 492. The van der Waals surface area contributed by atoms with Gasteiger partial charge in [-0.3, -0.25) is 4.79 Å². The molecule has 1 amide bonds. The van der Waals surface area contributed by atoms with Gasteiger partial charge in [-0.05, 0) is 24.1 Å². The number of ether oxygens (including phenoxy) is 1. The molecule has 4 heteroatoms. The van der Waals surface area contributed by atoms with Crippen molar-refractivity contribution in [3.63, 3.8) is 0 Å². The maximum atomic E-state index is 12.9. The third-order valence-corrected chi connectivity index (χ3v) is 3.82. The van der Waals surface area contributed by atoms with Crippen LogP contribution in [-0.2, 0) is 10.2 Å². The molecule has 116 valence electrons. The lowest BCUT2D eigenvalue weighted by molar-refractivity contribution is -0.0196. The molecule has 1 fully saturated rings. The van der Waals surface area contributed by atoms with Gasteiger partial charge >= 0.3 is 0 Å². The van der Waals surface area contributed by atoms with Crippen LogP contribution in [0.5, 0.6) is 0 Å². The minimum Gasteiger partial charge on any atom is -0.373 e. The molecular formula is C17H26N2O2. The predicted octanol–water partition coefficient (Wildman–Crippen LogP) is 2.04. The van der Waals surface area contributed by atoms with Crippen molar-refractivity contribution in [2.45, 2.75) is 32.3 Å². The Morgan fingerprint density at radius 3 is 2.76 bits per heavy atom. The van der Waals surface area contributed by atoms with Crippen molar-refractivity contribution in [1.82, 2.24) is 10.2 Å². The Balaban J connectivity index is 2.20. The quantitative estimate of drug-likeness (QED) is 0.926. The van der Waals surface area contributed by atoms with Gasteiger partial charge < -0.3 is 15.0 Å². The van der Waals surface area contributed by atoms with E-state index in [2.05, 4.69) is 32.2 Å². The van der Waals surface area contributed by atoms with E-state index in [4.69, 9.17) is 4.74 Å². The topological polar surface area (TPSA) is 41.6 Å². The molecule has 0 radical (unpaired) electrons. The number of likely N-dealkylation sites (N-methyl/N-ethyl adjacent to an activating group) is 1. The van der Waals surface area contributed by atoms with Crippen molar-refractivity contribution in [2.75, 3.05) is 33.3 Å².